The van der Waals surface area contributed by atoms with Gasteiger partial charge in [0.05, 0.1) is 25.0 Å². The van der Waals surface area contributed by atoms with Gasteiger partial charge in [0.15, 0.2) is 0 Å². The average Bonchev–Trinajstić information content (AvgIpc) is 2.72. The molecule has 140 valence electrons. The molecule has 2 heterocycles. The van der Waals surface area contributed by atoms with Crippen LogP contribution in [0.1, 0.15) is 32.6 Å². The van der Waals surface area contributed by atoms with Gasteiger partial charge in [0.2, 0.25) is 16.0 Å². The van der Waals surface area contributed by atoms with Crippen LogP contribution >= 0.6 is 38.9 Å². The zero-order chi connectivity index (χ0) is 19.2. The van der Waals surface area contributed by atoms with Crippen LogP contribution in [0.2, 0.25) is 5.02 Å². The van der Waals surface area contributed by atoms with Gasteiger partial charge in [0.25, 0.3) is 0 Å². The molecular formula is C14H19BrClN3O4S2. The monoisotopic (exact) mass is 471 g/mol. The van der Waals surface area contributed by atoms with Crippen LogP contribution in [0.4, 0.5) is 4.79 Å². The fourth-order valence-corrected chi connectivity index (χ4v) is 6.07. The van der Waals surface area contributed by atoms with E-state index in [4.69, 9.17) is 16.3 Å². The van der Waals surface area contributed by atoms with Gasteiger partial charge in [-0.25, -0.2) is 17.5 Å². The third kappa shape index (κ3) is 4.66. The number of sulfonamides is 1. The third-order valence-electron chi connectivity index (χ3n) is 3.32. The van der Waals surface area contributed by atoms with Crippen LogP contribution in [-0.4, -0.2) is 43.2 Å². The Hall–Kier alpha value is -0.840. The first kappa shape index (κ1) is 20.5. The van der Waals surface area contributed by atoms with E-state index in [1.54, 1.807) is 33.8 Å². The number of guanidine groups is 1. The second-order valence-corrected chi connectivity index (χ2v) is 11.7. The van der Waals surface area contributed by atoms with Gasteiger partial charge < -0.3 is 10.1 Å². The molecule has 0 radical (unpaired) electrons. The summed E-state index contributed by atoms with van der Waals surface area (Å²) < 4.78 is 32.0. The lowest BCUT2D eigenvalue weighted by Gasteiger charge is -2.39. The Morgan fingerprint density at radius 3 is 2.60 bits per heavy atom. The molecule has 1 aromatic heterocycles. The number of amides is 1. The van der Waals surface area contributed by atoms with E-state index < -0.39 is 27.3 Å². The van der Waals surface area contributed by atoms with Crippen molar-refractivity contribution >= 4 is 60.9 Å². The van der Waals surface area contributed by atoms with Crippen LogP contribution in [0.25, 0.3) is 0 Å². The highest BCUT2D eigenvalue weighted by Gasteiger charge is 2.44. The zero-order valence-electron chi connectivity index (χ0n) is 14.4. The summed E-state index contributed by atoms with van der Waals surface area (Å²) in [6.07, 6.45) is -0.875. The lowest BCUT2D eigenvalue weighted by molar-refractivity contribution is 0.0602. The van der Waals surface area contributed by atoms with Crippen molar-refractivity contribution in [1.82, 2.24) is 9.62 Å². The molecule has 0 aliphatic carbocycles. The van der Waals surface area contributed by atoms with E-state index in [0.717, 1.165) is 8.09 Å². The highest BCUT2D eigenvalue weighted by Crippen LogP contribution is 2.40. The molecule has 1 atom stereocenters. The molecule has 1 aromatic rings. The normalized spacial score (nSPS) is 24.9. The van der Waals surface area contributed by atoms with Crippen molar-refractivity contribution in [2.24, 2.45) is 4.99 Å². The SMILES string of the molecule is CN1/C(=N/C(=O)OC(C)(C)C)N[C@](C)(c2sc(Br)cc2Cl)CS1(=O)=O. The molecule has 0 saturated carbocycles. The molecule has 7 nitrogen and oxygen atoms in total. The van der Waals surface area contributed by atoms with Crippen LogP contribution in [-0.2, 0) is 20.3 Å². The molecule has 11 heteroatoms. The van der Waals surface area contributed by atoms with Gasteiger partial charge in [-0.15, -0.1) is 16.3 Å². The minimum atomic E-state index is -3.70. The summed E-state index contributed by atoms with van der Waals surface area (Å²) in [5, 5.41) is 3.46. The highest BCUT2D eigenvalue weighted by atomic mass is 79.9. The molecule has 2 rings (SSSR count). The number of hydrogen-bond acceptors (Lipinski definition) is 5. The van der Waals surface area contributed by atoms with E-state index in [-0.39, 0.29) is 11.7 Å². The predicted octanol–water partition coefficient (Wildman–Crippen LogP) is 3.54. The molecule has 25 heavy (non-hydrogen) atoms. The van der Waals surface area contributed by atoms with Gasteiger partial charge in [-0.2, -0.15) is 0 Å². The summed E-state index contributed by atoms with van der Waals surface area (Å²) >= 11 is 10.9. The fourth-order valence-electron chi connectivity index (χ4n) is 2.26. The number of hydrogen-bond donors (Lipinski definition) is 1. The predicted molar refractivity (Wildman–Crippen MR) is 103 cm³/mol. The Balaban J connectivity index is 2.45. The minimum Gasteiger partial charge on any atom is -0.442 e. The standard InChI is InChI=1S/C14H19BrClN3O4S2/c1-13(2,3)23-12(20)17-11-18-14(4,7-25(21,22)19(11)5)10-8(16)6-9(15)24-10/h6H,7H2,1-5H3,(H,17,18,20)/t14-/m0/s1. The molecule has 1 N–H and O–H groups in total. The van der Waals surface area contributed by atoms with E-state index in [9.17, 15) is 13.2 Å². The first-order valence-corrected chi connectivity index (χ1v) is 10.8. The summed E-state index contributed by atoms with van der Waals surface area (Å²) in [6, 6.07) is 1.70. The quantitative estimate of drug-likeness (QED) is 0.675. The maximum Gasteiger partial charge on any atom is 0.437 e. The Labute approximate surface area is 164 Å². The second-order valence-electron chi connectivity index (χ2n) is 6.82. The van der Waals surface area contributed by atoms with Crippen LogP contribution in [0.3, 0.4) is 0 Å². The topological polar surface area (TPSA) is 88.1 Å². The molecule has 1 fully saturated rings. The van der Waals surface area contributed by atoms with Gasteiger partial charge in [0, 0.05) is 7.05 Å². The van der Waals surface area contributed by atoms with Crippen molar-refractivity contribution in [2.75, 3.05) is 12.8 Å². The van der Waals surface area contributed by atoms with Crippen LogP contribution in [0.15, 0.2) is 14.8 Å². The number of halogens is 2. The van der Waals surface area contributed by atoms with Gasteiger partial charge in [-0.3, -0.25) is 0 Å². The minimum absolute atomic E-state index is 0.108. The molecule has 1 saturated heterocycles. The van der Waals surface area contributed by atoms with Crippen LogP contribution < -0.4 is 5.32 Å². The summed E-state index contributed by atoms with van der Waals surface area (Å²) in [5.41, 5.74) is -1.77. The number of nitrogens with zero attached hydrogens (tertiary/aromatic N) is 2. The van der Waals surface area contributed by atoms with E-state index in [1.807, 2.05) is 0 Å². The number of thiophene rings is 1. The first-order valence-electron chi connectivity index (χ1n) is 7.25. The highest BCUT2D eigenvalue weighted by molar-refractivity contribution is 9.11. The van der Waals surface area contributed by atoms with Gasteiger partial charge in [-0.1, -0.05) is 11.6 Å². The maximum absolute atomic E-state index is 12.6. The lowest BCUT2D eigenvalue weighted by atomic mass is 10.0. The Kier molecular flexibility index (Phi) is 5.50. The van der Waals surface area contributed by atoms with Crippen molar-refractivity contribution < 1.29 is 17.9 Å². The molecular weight excluding hydrogens is 454 g/mol. The smallest absolute Gasteiger partial charge is 0.437 e. The van der Waals surface area contributed by atoms with E-state index in [2.05, 4.69) is 26.2 Å². The summed E-state index contributed by atoms with van der Waals surface area (Å²) in [6.45, 7) is 6.80. The van der Waals surface area contributed by atoms with Crippen molar-refractivity contribution in [1.29, 1.82) is 0 Å². The third-order valence-corrected chi connectivity index (χ3v) is 7.58. The maximum atomic E-state index is 12.6. The Morgan fingerprint density at radius 2 is 2.12 bits per heavy atom. The Bertz CT molecular complexity index is 832. The molecule has 1 amide bonds. The number of nitrogens with one attached hydrogen (secondary N) is 1. The van der Waals surface area contributed by atoms with Crippen molar-refractivity contribution in [2.45, 2.75) is 38.8 Å². The largest absolute Gasteiger partial charge is 0.442 e. The number of aliphatic imine (C=N–C) groups is 1. The average molecular weight is 473 g/mol. The molecule has 0 bridgehead atoms. The molecule has 0 unspecified atom stereocenters. The number of carbonyl (C=O) groups is 1. The summed E-state index contributed by atoms with van der Waals surface area (Å²) in [4.78, 5) is 16.4. The first-order chi connectivity index (χ1) is 11.2. The second kappa shape index (κ2) is 6.71. The number of carbonyl (C=O) groups excluding carboxylic acids is 1. The molecule has 1 aliphatic rings. The molecule has 0 aromatic carbocycles. The van der Waals surface area contributed by atoms with E-state index in [0.29, 0.717) is 9.90 Å². The number of rotatable bonds is 1. The van der Waals surface area contributed by atoms with Gasteiger partial charge >= 0.3 is 6.09 Å². The molecule has 0 spiro atoms. The fraction of sp³-hybridized carbons (Fsp3) is 0.571. The summed E-state index contributed by atoms with van der Waals surface area (Å²) in [5.74, 6) is -0.333. The zero-order valence-corrected chi connectivity index (χ0v) is 18.4. The summed E-state index contributed by atoms with van der Waals surface area (Å²) in [7, 11) is -2.37. The number of ether oxygens (including phenoxy) is 1. The Morgan fingerprint density at radius 1 is 1.52 bits per heavy atom. The van der Waals surface area contributed by atoms with Crippen LogP contribution in [0.5, 0.6) is 0 Å². The lowest BCUT2D eigenvalue weighted by Crippen LogP contribution is -2.61. The van der Waals surface area contributed by atoms with E-state index in [1.165, 1.54) is 18.4 Å². The van der Waals surface area contributed by atoms with Crippen molar-refractivity contribution in [3.63, 3.8) is 0 Å². The van der Waals surface area contributed by atoms with E-state index >= 15 is 0 Å². The van der Waals surface area contributed by atoms with Crippen molar-refractivity contribution in [3.8, 4) is 0 Å². The van der Waals surface area contributed by atoms with Gasteiger partial charge in [-0.05, 0) is 49.7 Å². The van der Waals surface area contributed by atoms with Crippen LogP contribution in [0, 0.1) is 0 Å². The van der Waals surface area contributed by atoms with Gasteiger partial charge in [0.1, 0.15) is 5.60 Å². The van der Waals surface area contributed by atoms with Crippen molar-refractivity contribution in [3.05, 3.63) is 19.8 Å². The molecule has 1 aliphatic heterocycles.